The zero-order chi connectivity index (χ0) is 14.8. The molecule has 1 unspecified atom stereocenters. The molecule has 0 saturated carbocycles. The average molecular weight is 285 g/mol. The van der Waals surface area contributed by atoms with Crippen LogP contribution in [0.3, 0.4) is 0 Å². The minimum atomic E-state index is -0.166. The summed E-state index contributed by atoms with van der Waals surface area (Å²) in [6.45, 7) is 4.61. The van der Waals surface area contributed by atoms with Crippen molar-refractivity contribution in [3.05, 3.63) is 58.9 Å². The topological polar surface area (TPSA) is 21.3 Å². The van der Waals surface area contributed by atoms with Crippen molar-refractivity contribution in [3.8, 4) is 5.75 Å². The third-order valence-electron chi connectivity index (χ3n) is 4.00. The van der Waals surface area contributed by atoms with E-state index in [1.165, 1.54) is 11.6 Å². The van der Waals surface area contributed by atoms with Crippen LogP contribution in [0, 0.1) is 19.7 Å². The van der Waals surface area contributed by atoms with Gasteiger partial charge in [0.15, 0.2) is 0 Å². The number of ether oxygens (including phenoxy) is 1. The lowest BCUT2D eigenvalue weighted by molar-refractivity contribution is 0.314. The fourth-order valence-corrected chi connectivity index (χ4v) is 2.85. The molecule has 0 amide bonds. The SMILES string of the molecule is Cc1cc(NC2CCCOc3c(C)cccc32)ccc1F. The molecule has 0 aromatic heterocycles. The van der Waals surface area contributed by atoms with Crippen molar-refractivity contribution >= 4 is 5.69 Å². The van der Waals surface area contributed by atoms with Crippen molar-refractivity contribution in [2.75, 3.05) is 11.9 Å². The number of para-hydroxylation sites is 1. The molecule has 2 aromatic rings. The minimum Gasteiger partial charge on any atom is -0.493 e. The number of hydrogen-bond donors (Lipinski definition) is 1. The van der Waals surface area contributed by atoms with Crippen LogP contribution < -0.4 is 10.1 Å². The molecule has 110 valence electrons. The maximum absolute atomic E-state index is 13.4. The summed E-state index contributed by atoms with van der Waals surface area (Å²) in [4.78, 5) is 0. The van der Waals surface area contributed by atoms with Crippen LogP contribution in [0.2, 0.25) is 0 Å². The Morgan fingerprint density at radius 2 is 2.00 bits per heavy atom. The molecule has 21 heavy (non-hydrogen) atoms. The summed E-state index contributed by atoms with van der Waals surface area (Å²) in [5.41, 5.74) is 3.97. The van der Waals surface area contributed by atoms with Gasteiger partial charge in [-0.1, -0.05) is 18.2 Å². The van der Waals surface area contributed by atoms with Crippen molar-refractivity contribution < 1.29 is 9.13 Å². The van der Waals surface area contributed by atoms with Crippen LogP contribution in [0.15, 0.2) is 36.4 Å². The number of rotatable bonds is 2. The van der Waals surface area contributed by atoms with Gasteiger partial charge in [0.2, 0.25) is 0 Å². The van der Waals surface area contributed by atoms with E-state index in [0.29, 0.717) is 5.56 Å². The van der Waals surface area contributed by atoms with Crippen LogP contribution in [-0.2, 0) is 0 Å². The highest BCUT2D eigenvalue weighted by molar-refractivity contribution is 5.51. The fraction of sp³-hybridized carbons (Fsp3) is 0.333. The zero-order valence-electron chi connectivity index (χ0n) is 12.4. The Morgan fingerprint density at radius 1 is 1.14 bits per heavy atom. The van der Waals surface area contributed by atoms with Gasteiger partial charge in [0.25, 0.3) is 0 Å². The van der Waals surface area contributed by atoms with Crippen molar-refractivity contribution in [2.45, 2.75) is 32.7 Å². The van der Waals surface area contributed by atoms with E-state index in [9.17, 15) is 4.39 Å². The molecule has 1 N–H and O–H groups in total. The van der Waals surface area contributed by atoms with E-state index in [-0.39, 0.29) is 11.9 Å². The summed E-state index contributed by atoms with van der Waals surface area (Å²) in [7, 11) is 0. The van der Waals surface area contributed by atoms with Gasteiger partial charge in [-0.05, 0) is 56.0 Å². The van der Waals surface area contributed by atoms with Crippen LogP contribution in [-0.4, -0.2) is 6.61 Å². The van der Waals surface area contributed by atoms with Crippen LogP contribution in [0.25, 0.3) is 0 Å². The predicted octanol–water partition coefficient (Wildman–Crippen LogP) is 4.77. The van der Waals surface area contributed by atoms with Gasteiger partial charge in [0.1, 0.15) is 11.6 Å². The van der Waals surface area contributed by atoms with Gasteiger partial charge in [-0.25, -0.2) is 4.39 Å². The maximum Gasteiger partial charge on any atom is 0.127 e. The van der Waals surface area contributed by atoms with E-state index in [2.05, 4.69) is 30.4 Å². The van der Waals surface area contributed by atoms with Crippen LogP contribution >= 0.6 is 0 Å². The number of halogens is 1. The molecule has 0 bridgehead atoms. The predicted molar refractivity (Wildman–Crippen MR) is 83.4 cm³/mol. The molecule has 1 heterocycles. The molecule has 2 nitrogen and oxygen atoms in total. The first kappa shape index (κ1) is 13.9. The summed E-state index contributed by atoms with van der Waals surface area (Å²) >= 11 is 0. The van der Waals surface area contributed by atoms with E-state index >= 15 is 0 Å². The molecule has 0 spiro atoms. The quantitative estimate of drug-likeness (QED) is 0.858. The molecular weight excluding hydrogens is 265 g/mol. The van der Waals surface area contributed by atoms with Crippen molar-refractivity contribution in [3.63, 3.8) is 0 Å². The van der Waals surface area contributed by atoms with Gasteiger partial charge < -0.3 is 10.1 Å². The lowest BCUT2D eigenvalue weighted by atomic mass is 9.99. The van der Waals surface area contributed by atoms with Gasteiger partial charge in [-0.15, -0.1) is 0 Å². The Kier molecular flexibility index (Phi) is 3.82. The van der Waals surface area contributed by atoms with E-state index in [1.54, 1.807) is 13.0 Å². The second-order valence-corrected chi connectivity index (χ2v) is 5.64. The molecule has 1 atom stereocenters. The van der Waals surface area contributed by atoms with Crippen molar-refractivity contribution in [1.82, 2.24) is 0 Å². The van der Waals surface area contributed by atoms with Crippen molar-refractivity contribution in [1.29, 1.82) is 0 Å². The highest BCUT2D eigenvalue weighted by Crippen LogP contribution is 2.36. The van der Waals surface area contributed by atoms with E-state index in [0.717, 1.165) is 36.4 Å². The van der Waals surface area contributed by atoms with Gasteiger partial charge in [0, 0.05) is 11.3 Å². The molecule has 0 fully saturated rings. The Bertz CT molecular complexity index is 654. The Labute approximate surface area is 125 Å². The lowest BCUT2D eigenvalue weighted by Crippen LogP contribution is -2.10. The first-order valence-corrected chi connectivity index (χ1v) is 7.40. The standard InChI is InChI=1S/C18H20FNO/c1-12-5-3-6-15-17(7-4-10-21-18(12)15)20-14-8-9-16(19)13(2)11-14/h3,5-6,8-9,11,17,20H,4,7,10H2,1-2H3. The van der Waals surface area contributed by atoms with E-state index in [1.807, 2.05) is 6.07 Å². The van der Waals surface area contributed by atoms with E-state index in [4.69, 9.17) is 4.74 Å². The largest absolute Gasteiger partial charge is 0.493 e. The number of benzene rings is 2. The molecule has 0 aliphatic carbocycles. The highest BCUT2D eigenvalue weighted by atomic mass is 19.1. The molecule has 3 rings (SSSR count). The Hall–Kier alpha value is -2.03. The lowest BCUT2D eigenvalue weighted by Gasteiger charge is -2.21. The molecular formula is C18H20FNO. The second kappa shape index (κ2) is 5.76. The normalized spacial score (nSPS) is 17.6. The molecule has 0 saturated heterocycles. The minimum absolute atomic E-state index is 0.166. The first-order chi connectivity index (χ1) is 10.1. The monoisotopic (exact) mass is 285 g/mol. The molecule has 1 aliphatic heterocycles. The average Bonchev–Trinajstić information content (AvgIpc) is 2.67. The third-order valence-corrected chi connectivity index (χ3v) is 4.00. The van der Waals surface area contributed by atoms with Gasteiger partial charge in [-0.2, -0.15) is 0 Å². The van der Waals surface area contributed by atoms with Gasteiger partial charge in [-0.3, -0.25) is 0 Å². The van der Waals surface area contributed by atoms with Crippen molar-refractivity contribution in [2.24, 2.45) is 0 Å². The summed E-state index contributed by atoms with van der Waals surface area (Å²) in [6, 6.07) is 11.6. The van der Waals surface area contributed by atoms with Gasteiger partial charge in [0.05, 0.1) is 12.6 Å². The number of hydrogen-bond acceptors (Lipinski definition) is 2. The molecule has 0 radical (unpaired) electrons. The smallest absolute Gasteiger partial charge is 0.127 e. The highest BCUT2D eigenvalue weighted by Gasteiger charge is 2.20. The number of aryl methyl sites for hydroxylation is 2. The maximum atomic E-state index is 13.4. The zero-order valence-corrected chi connectivity index (χ0v) is 12.4. The summed E-state index contributed by atoms with van der Waals surface area (Å²) in [6.07, 6.45) is 2.01. The van der Waals surface area contributed by atoms with Crippen LogP contribution in [0.5, 0.6) is 5.75 Å². The van der Waals surface area contributed by atoms with Crippen LogP contribution in [0.4, 0.5) is 10.1 Å². The Balaban J connectivity index is 1.92. The fourth-order valence-electron chi connectivity index (χ4n) is 2.85. The number of anilines is 1. The third kappa shape index (κ3) is 2.87. The molecule has 3 heteroatoms. The molecule has 2 aromatic carbocycles. The summed E-state index contributed by atoms with van der Waals surface area (Å²) in [5.74, 6) is 0.826. The number of nitrogens with one attached hydrogen (secondary N) is 1. The summed E-state index contributed by atoms with van der Waals surface area (Å²) < 4.78 is 19.3. The first-order valence-electron chi connectivity index (χ1n) is 7.40. The van der Waals surface area contributed by atoms with E-state index < -0.39 is 0 Å². The van der Waals surface area contributed by atoms with Gasteiger partial charge >= 0.3 is 0 Å². The van der Waals surface area contributed by atoms with Crippen LogP contribution in [0.1, 0.15) is 35.6 Å². The Morgan fingerprint density at radius 3 is 2.81 bits per heavy atom. The molecule has 1 aliphatic rings. The second-order valence-electron chi connectivity index (χ2n) is 5.64. The summed E-state index contributed by atoms with van der Waals surface area (Å²) in [5, 5.41) is 3.53. The number of fused-ring (bicyclic) bond motifs is 1.